The normalized spacial score (nSPS) is 16.4. The number of carbonyl (C=O) groups is 3. The molecule has 0 saturated carbocycles. The molecule has 160 valence electrons. The molecule has 0 fully saturated rings. The Kier molecular flexibility index (Phi) is 6.93. The molecule has 0 bridgehead atoms. The number of hydrogen-bond acceptors (Lipinski definition) is 4. The summed E-state index contributed by atoms with van der Waals surface area (Å²) in [6, 6.07) is 6.63. The SMILES string of the molecule is CC(C)(C)NC(=O)C1c2ccccc2C(=O)N1CCCCNC(=O)OC(C)(C)C. The minimum absolute atomic E-state index is 0.130. The van der Waals surface area contributed by atoms with Crippen molar-refractivity contribution in [2.24, 2.45) is 0 Å². The number of amides is 3. The molecule has 2 N–H and O–H groups in total. The summed E-state index contributed by atoms with van der Waals surface area (Å²) in [5.41, 5.74) is 0.395. The minimum Gasteiger partial charge on any atom is -0.444 e. The van der Waals surface area contributed by atoms with Crippen molar-refractivity contribution < 1.29 is 19.1 Å². The number of alkyl carbamates (subject to hydrolysis) is 1. The molecule has 1 aromatic carbocycles. The molecule has 7 nitrogen and oxygen atoms in total. The topological polar surface area (TPSA) is 87.7 Å². The maximum absolute atomic E-state index is 12.9. The fraction of sp³-hybridized carbons (Fsp3) is 0.591. The maximum Gasteiger partial charge on any atom is 0.407 e. The summed E-state index contributed by atoms with van der Waals surface area (Å²) in [5, 5.41) is 5.70. The lowest BCUT2D eigenvalue weighted by Gasteiger charge is -2.28. The number of ether oxygens (including phenoxy) is 1. The fourth-order valence-corrected chi connectivity index (χ4v) is 3.23. The van der Waals surface area contributed by atoms with Crippen LogP contribution in [0.25, 0.3) is 0 Å². The average molecular weight is 404 g/mol. The Balaban J connectivity index is 1.97. The molecule has 0 aliphatic carbocycles. The molecule has 1 atom stereocenters. The third-order valence-electron chi connectivity index (χ3n) is 4.30. The van der Waals surface area contributed by atoms with Crippen LogP contribution in [-0.4, -0.2) is 47.0 Å². The molecular formula is C22H33N3O4. The molecule has 7 heteroatoms. The second-order valence-corrected chi connectivity index (χ2v) is 9.36. The van der Waals surface area contributed by atoms with E-state index in [1.807, 2.05) is 59.7 Å². The summed E-state index contributed by atoms with van der Waals surface area (Å²) in [5.74, 6) is -0.308. The zero-order valence-corrected chi connectivity index (χ0v) is 18.3. The van der Waals surface area contributed by atoms with E-state index in [0.717, 1.165) is 5.56 Å². The highest BCUT2D eigenvalue weighted by atomic mass is 16.6. The van der Waals surface area contributed by atoms with Crippen LogP contribution in [0.15, 0.2) is 24.3 Å². The molecule has 0 saturated heterocycles. The van der Waals surface area contributed by atoms with Gasteiger partial charge in [-0.15, -0.1) is 0 Å². The molecule has 2 rings (SSSR count). The number of carbonyl (C=O) groups excluding carboxylic acids is 3. The third-order valence-corrected chi connectivity index (χ3v) is 4.30. The summed E-state index contributed by atoms with van der Waals surface area (Å²) >= 11 is 0. The van der Waals surface area contributed by atoms with E-state index in [2.05, 4.69) is 10.6 Å². The molecule has 0 radical (unpaired) electrons. The smallest absolute Gasteiger partial charge is 0.407 e. The highest BCUT2D eigenvalue weighted by molar-refractivity contribution is 6.04. The van der Waals surface area contributed by atoms with Crippen LogP contribution in [0.1, 0.15) is 76.3 Å². The van der Waals surface area contributed by atoms with E-state index in [-0.39, 0.29) is 17.4 Å². The van der Waals surface area contributed by atoms with Gasteiger partial charge in [0, 0.05) is 24.2 Å². The molecule has 1 aromatic rings. The summed E-state index contributed by atoms with van der Waals surface area (Å²) in [7, 11) is 0. The van der Waals surface area contributed by atoms with E-state index in [1.54, 1.807) is 11.0 Å². The fourth-order valence-electron chi connectivity index (χ4n) is 3.23. The van der Waals surface area contributed by atoms with Gasteiger partial charge in [-0.25, -0.2) is 4.79 Å². The van der Waals surface area contributed by atoms with Crippen molar-refractivity contribution in [1.82, 2.24) is 15.5 Å². The Hall–Kier alpha value is -2.57. The molecule has 1 heterocycles. The van der Waals surface area contributed by atoms with Gasteiger partial charge in [0.2, 0.25) is 5.91 Å². The quantitative estimate of drug-likeness (QED) is 0.713. The lowest BCUT2D eigenvalue weighted by molar-refractivity contribution is -0.127. The first-order valence-electron chi connectivity index (χ1n) is 10.1. The predicted molar refractivity (Wildman–Crippen MR) is 112 cm³/mol. The van der Waals surface area contributed by atoms with Crippen LogP contribution in [0, 0.1) is 0 Å². The van der Waals surface area contributed by atoms with Gasteiger partial charge < -0.3 is 20.3 Å². The van der Waals surface area contributed by atoms with Gasteiger partial charge in [-0.1, -0.05) is 18.2 Å². The first-order valence-corrected chi connectivity index (χ1v) is 10.1. The predicted octanol–water partition coefficient (Wildman–Crippen LogP) is 3.40. The number of unbranched alkanes of at least 4 members (excludes halogenated alkanes) is 1. The lowest BCUT2D eigenvalue weighted by Crippen LogP contribution is -2.47. The van der Waals surface area contributed by atoms with E-state index in [0.29, 0.717) is 31.5 Å². The van der Waals surface area contributed by atoms with Gasteiger partial charge in [0.25, 0.3) is 5.91 Å². The Labute approximate surface area is 173 Å². The van der Waals surface area contributed by atoms with Gasteiger partial charge in [-0.3, -0.25) is 9.59 Å². The number of hydrogen-bond donors (Lipinski definition) is 2. The summed E-state index contributed by atoms with van der Waals surface area (Å²) in [6.07, 6.45) is 0.881. The van der Waals surface area contributed by atoms with Crippen LogP contribution in [0.2, 0.25) is 0 Å². The standard InChI is InChI=1S/C22H33N3O4/c1-21(2,3)24-18(26)17-15-11-7-8-12-16(15)19(27)25(17)14-10-9-13-23-20(28)29-22(4,5)6/h7-8,11-12,17H,9-10,13-14H2,1-6H3,(H,23,28)(H,24,26). The van der Waals surface area contributed by atoms with Crippen LogP contribution < -0.4 is 10.6 Å². The maximum atomic E-state index is 12.9. The second-order valence-electron chi connectivity index (χ2n) is 9.36. The number of nitrogens with zero attached hydrogens (tertiary/aromatic N) is 1. The number of fused-ring (bicyclic) bond motifs is 1. The third kappa shape index (κ3) is 6.48. The zero-order valence-electron chi connectivity index (χ0n) is 18.3. The number of benzene rings is 1. The molecule has 1 aliphatic heterocycles. The molecule has 0 aromatic heterocycles. The Bertz CT molecular complexity index is 762. The van der Waals surface area contributed by atoms with Crippen molar-refractivity contribution in [2.45, 2.75) is 71.6 Å². The Morgan fingerprint density at radius 3 is 2.34 bits per heavy atom. The monoisotopic (exact) mass is 403 g/mol. The van der Waals surface area contributed by atoms with E-state index in [9.17, 15) is 14.4 Å². The average Bonchev–Trinajstić information content (AvgIpc) is 2.84. The van der Waals surface area contributed by atoms with Gasteiger partial charge >= 0.3 is 6.09 Å². The summed E-state index contributed by atoms with van der Waals surface area (Å²) in [4.78, 5) is 39.1. The van der Waals surface area contributed by atoms with E-state index < -0.39 is 17.7 Å². The highest BCUT2D eigenvalue weighted by Gasteiger charge is 2.41. The second kappa shape index (κ2) is 8.84. The molecule has 3 amide bonds. The first-order chi connectivity index (χ1) is 13.4. The van der Waals surface area contributed by atoms with E-state index >= 15 is 0 Å². The van der Waals surface area contributed by atoms with Crippen LogP contribution in [0.5, 0.6) is 0 Å². The molecule has 1 aliphatic rings. The zero-order chi connectivity index (χ0) is 21.8. The van der Waals surface area contributed by atoms with E-state index in [4.69, 9.17) is 4.74 Å². The largest absolute Gasteiger partial charge is 0.444 e. The van der Waals surface area contributed by atoms with Crippen LogP contribution in [-0.2, 0) is 9.53 Å². The van der Waals surface area contributed by atoms with Crippen molar-refractivity contribution in [3.8, 4) is 0 Å². The lowest BCUT2D eigenvalue weighted by atomic mass is 10.0. The molecule has 29 heavy (non-hydrogen) atoms. The van der Waals surface area contributed by atoms with Gasteiger partial charge in [-0.2, -0.15) is 0 Å². The van der Waals surface area contributed by atoms with Crippen molar-refractivity contribution in [3.63, 3.8) is 0 Å². The summed E-state index contributed by atoms with van der Waals surface area (Å²) < 4.78 is 5.20. The van der Waals surface area contributed by atoms with Gasteiger partial charge in [0.15, 0.2) is 0 Å². The number of nitrogens with one attached hydrogen (secondary N) is 2. The van der Waals surface area contributed by atoms with Crippen molar-refractivity contribution >= 4 is 17.9 Å². The van der Waals surface area contributed by atoms with Crippen LogP contribution in [0.4, 0.5) is 4.79 Å². The molecular weight excluding hydrogens is 370 g/mol. The highest BCUT2D eigenvalue weighted by Crippen LogP contribution is 2.34. The van der Waals surface area contributed by atoms with Crippen molar-refractivity contribution in [2.75, 3.05) is 13.1 Å². The Morgan fingerprint density at radius 2 is 1.72 bits per heavy atom. The molecule has 0 spiro atoms. The first kappa shape index (κ1) is 22.7. The van der Waals surface area contributed by atoms with Crippen molar-refractivity contribution in [1.29, 1.82) is 0 Å². The number of rotatable bonds is 6. The van der Waals surface area contributed by atoms with Crippen molar-refractivity contribution in [3.05, 3.63) is 35.4 Å². The van der Waals surface area contributed by atoms with Crippen LogP contribution in [0.3, 0.4) is 0 Å². The van der Waals surface area contributed by atoms with E-state index in [1.165, 1.54) is 0 Å². The van der Waals surface area contributed by atoms with Gasteiger partial charge in [-0.05, 0) is 66.0 Å². The minimum atomic E-state index is -0.628. The van der Waals surface area contributed by atoms with Crippen LogP contribution >= 0.6 is 0 Å². The Morgan fingerprint density at radius 1 is 1.07 bits per heavy atom. The summed E-state index contributed by atoms with van der Waals surface area (Å²) in [6.45, 7) is 12.1. The van der Waals surface area contributed by atoms with Gasteiger partial charge in [0.05, 0.1) is 0 Å². The molecule has 1 unspecified atom stereocenters. The van der Waals surface area contributed by atoms with Gasteiger partial charge in [0.1, 0.15) is 11.6 Å².